The van der Waals surface area contributed by atoms with Crippen LogP contribution in [-0.2, 0) is 23.9 Å². The van der Waals surface area contributed by atoms with E-state index in [2.05, 4.69) is 26.0 Å². The summed E-state index contributed by atoms with van der Waals surface area (Å²) in [5, 5.41) is 12.5. The van der Waals surface area contributed by atoms with Gasteiger partial charge >= 0.3 is 11.9 Å². The van der Waals surface area contributed by atoms with Crippen LogP contribution in [0.2, 0.25) is 0 Å². The zero-order valence-electron chi connectivity index (χ0n) is 12.5. The third kappa shape index (κ3) is 3.09. The summed E-state index contributed by atoms with van der Waals surface area (Å²) in [6.07, 6.45) is 0. The first-order chi connectivity index (χ1) is 11.4. The molecular weight excluding hydrogens is 408 g/mol. The third-order valence-electron chi connectivity index (χ3n) is 3.33. The maximum Gasteiger partial charge on any atom is 0.352 e. The number of halogens is 1. The summed E-state index contributed by atoms with van der Waals surface area (Å²) in [6.45, 7) is 1.09. The van der Waals surface area contributed by atoms with Gasteiger partial charge in [-0.1, -0.05) is 15.9 Å². The minimum atomic E-state index is -1.76. The number of thioether (sulfide) groups is 1. The maximum absolute atomic E-state index is 12.5. The quantitative estimate of drug-likeness (QED) is 0.163. The van der Waals surface area contributed by atoms with Gasteiger partial charge in [0.15, 0.2) is 0 Å². The summed E-state index contributed by atoms with van der Waals surface area (Å²) < 4.78 is 10.3. The molecule has 2 aliphatic heterocycles. The Morgan fingerprint density at radius 1 is 1.62 bits per heavy atom. The van der Waals surface area contributed by atoms with Crippen molar-refractivity contribution in [3.63, 3.8) is 0 Å². The lowest BCUT2D eigenvalue weighted by molar-refractivity contribution is -0.187. The van der Waals surface area contributed by atoms with Gasteiger partial charge in [0.2, 0.25) is 0 Å². The number of aliphatic carboxylic acids is 1. The highest BCUT2D eigenvalue weighted by Crippen LogP contribution is 2.49. The number of ether oxygens (including phenoxy) is 2. The molecule has 2 atom stereocenters. The van der Waals surface area contributed by atoms with Crippen LogP contribution in [0.5, 0.6) is 0 Å². The van der Waals surface area contributed by atoms with E-state index in [-0.39, 0.29) is 24.7 Å². The van der Waals surface area contributed by atoms with E-state index >= 15 is 0 Å². The second kappa shape index (κ2) is 7.43. The number of rotatable bonds is 7. The van der Waals surface area contributed by atoms with Crippen LogP contribution in [0.25, 0.3) is 10.4 Å². The number of β-lactam (4-membered cyclic amide) rings is 1. The van der Waals surface area contributed by atoms with E-state index in [1.807, 2.05) is 0 Å². The highest BCUT2D eigenvalue weighted by molar-refractivity contribution is 9.09. The van der Waals surface area contributed by atoms with Gasteiger partial charge in [0.1, 0.15) is 17.7 Å². The van der Waals surface area contributed by atoms with Crippen LogP contribution in [0.1, 0.15) is 6.92 Å². The van der Waals surface area contributed by atoms with E-state index in [9.17, 15) is 19.5 Å². The molecule has 1 fully saturated rings. The van der Waals surface area contributed by atoms with Crippen LogP contribution in [0.4, 0.5) is 0 Å². The number of nitrogens with zero attached hydrogens (tertiary/aromatic N) is 4. The zero-order valence-corrected chi connectivity index (χ0v) is 14.9. The average molecular weight is 421 g/mol. The molecule has 0 spiro atoms. The molecule has 0 radical (unpaired) electrons. The number of carbonyl (C=O) groups excluding carboxylic acids is 2. The van der Waals surface area contributed by atoms with E-state index in [1.54, 1.807) is 0 Å². The lowest BCUT2D eigenvalue weighted by Crippen LogP contribution is -2.73. The Morgan fingerprint density at radius 2 is 2.33 bits per heavy atom. The molecule has 0 aromatic rings. The van der Waals surface area contributed by atoms with Crippen molar-refractivity contribution in [2.45, 2.75) is 18.0 Å². The first-order valence-corrected chi connectivity index (χ1v) is 8.86. The molecule has 10 nitrogen and oxygen atoms in total. The Morgan fingerprint density at radius 3 is 2.88 bits per heavy atom. The molecular formula is C12H13BrN4O6S. The SMILES string of the molecule is CC(=O)OCC1=C(C(=O)O)N2C(=O)C(N=[N+]=[N-])(OCCBr)[C@H]2SC1. The number of alkyl halides is 1. The van der Waals surface area contributed by atoms with Crippen LogP contribution in [0, 0.1) is 0 Å². The Hall–Kier alpha value is -1.75. The first kappa shape index (κ1) is 18.6. The molecule has 0 aromatic heterocycles. The maximum atomic E-state index is 12.5. The number of esters is 1. The Kier molecular flexibility index (Phi) is 5.75. The Bertz CT molecular complexity index is 664. The summed E-state index contributed by atoms with van der Waals surface area (Å²) >= 11 is 4.33. The van der Waals surface area contributed by atoms with Crippen LogP contribution in [0.3, 0.4) is 0 Å². The Balaban J connectivity index is 2.35. The molecule has 12 heteroatoms. The molecule has 1 unspecified atom stereocenters. The molecule has 0 aromatic carbocycles. The monoisotopic (exact) mass is 420 g/mol. The third-order valence-corrected chi connectivity index (χ3v) is 5.02. The number of carboxylic acid groups (broad SMARTS) is 1. The number of fused-ring (bicyclic) bond motifs is 1. The second-order valence-corrected chi connectivity index (χ2v) is 6.66. The van der Waals surface area contributed by atoms with Crippen molar-refractivity contribution in [1.82, 2.24) is 4.90 Å². The molecule has 130 valence electrons. The van der Waals surface area contributed by atoms with Crippen molar-refractivity contribution in [2.24, 2.45) is 5.11 Å². The number of carboxylic acids is 1. The predicted molar refractivity (Wildman–Crippen MR) is 86.0 cm³/mol. The molecule has 1 saturated heterocycles. The first-order valence-electron chi connectivity index (χ1n) is 6.69. The van der Waals surface area contributed by atoms with Gasteiger partial charge in [-0.2, -0.15) is 0 Å². The summed E-state index contributed by atoms with van der Waals surface area (Å²) in [5.41, 5.74) is 7.01. The molecule has 0 bridgehead atoms. The van der Waals surface area contributed by atoms with E-state index in [4.69, 9.17) is 15.0 Å². The van der Waals surface area contributed by atoms with Crippen molar-refractivity contribution in [1.29, 1.82) is 0 Å². The largest absolute Gasteiger partial charge is 0.477 e. The lowest BCUT2D eigenvalue weighted by Gasteiger charge is -2.54. The molecule has 2 aliphatic rings. The zero-order chi connectivity index (χ0) is 17.9. The highest BCUT2D eigenvalue weighted by Gasteiger charge is 2.66. The molecule has 2 heterocycles. The van der Waals surface area contributed by atoms with Crippen LogP contribution >= 0.6 is 27.7 Å². The summed E-state index contributed by atoms with van der Waals surface area (Å²) in [7, 11) is 0. The highest BCUT2D eigenvalue weighted by atomic mass is 79.9. The lowest BCUT2D eigenvalue weighted by atomic mass is 9.99. The molecule has 0 saturated carbocycles. The minimum absolute atomic E-state index is 0.113. The Labute approximate surface area is 148 Å². The number of amides is 1. The number of hydrogen-bond acceptors (Lipinski definition) is 7. The molecule has 1 N–H and O–H groups in total. The van der Waals surface area contributed by atoms with Gasteiger partial charge in [-0.05, 0) is 10.6 Å². The summed E-state index contributed by atoms with van der Waals surface area (Å²) in [5.74, 6) is -2.44. The normalized spacial score (nSPS) is 25.5. The standard InChI is InChI=1S/C12H13BrN4O6S/c1-6(18)22-4-7-5-24-11-12(15-16-14,23-3-2-13)10(21)17(11)8(7)9(19)20/h11H,2-5H2,1H3,(H,19,20)/t11-,12?/m1/s1. The summed E-state index contributed by atoms with van der Waals surface area (Å²) in [6, 6.07) is 0. The fourth-order valence-electron chi connectivity index (χ4n) is 2.39. The fraction of sp³-hybridized carbons (Fsp3) is 0.583. The van der Waals surface area contributed by atoms with Crippen molar-refractivity contribution in [3.05, 3.63) is 21.7 Å². The number of hydrogen-bond donors (Lipinski definition) is 1. The second-order valence-electron chi connectivity index (χ2n) is 4.80. The summed E-state index contributed by atoms with van der Waals surface area (Å²) in [4.78, 5) is 38.7. The van der Waals surface area contributed by atoms with Gasteiger partial charge < -0.3 is 14.6 Å². The van der Waals surface area contributed by atoms with Gasteiger partial charge in [0.05, 0.1) is 6.61 Å². The van der Waals surface area contributed by atoms with Crippen LogP contribution in [0.15, 0.2) is 16.4 Å². The van der Waals surface area contributed by atoms with Gasteiger partial charge in [0, 0.05) is 28.5 Å². The van der Waals surface area contributed by atoms with E-state index in [1.165, 1.54) is 18.7 Å². The van der Waals surface area contributed by atoms with Crippen molar-refractivity contribution < 1.29 is 29.0 Å². The van der Waals surface area contributed by atoms with Crippen LogP contribution in [-0.4, -0.2) is 63.2 Å². The van der Waals surface area contributed by atoms with Crippen molar-refractivity contribution in [3.8, 4) is 0 Å². The van der Waals surface area contributed by atoms with Gasteiger partial charge in [-0.3, -0.25) is 14.5 Å². The van der Waals surface area contributed by atoms with Gasteiger partial charge in [-0.15, -0.1) is 11.8 Å². The topological polar surface area (TPSA) is 142 Å². The van der Waals surface area contributed by atoms with Gasteiger partial charge in [0.25, 0.3) is 11.6 Å². The molecule has 1 amide bonds. The van der Waals surface area contributed by atoms with Gasteiger partial charge in [-0.25, -0.2) is 4.79 Å². The van der Waals surface area contributed by atoms with E-state index in [0.717, 1.165) is 4.90 Å². The fourth-order valence-corrected chi connectivity index (χ4v) is 3.92. The van der Waals surface area contributed by atoms with Crippen LogP contribution < -0.4 is 0 Å². The smallest absolute Gasteiger partial charge is 0.352 e. The molecule has 24 heavy (non-hydrogen) atoms. The van der Waals surface area contributed by atoms with Crippen molar-refractivity contribution >= 4 is 45.5 Å². The van der Waals surface area contributed by atoms with E-state index in [0.29, 0.717) is 10.9 Å². The average Bonchev–Trinajstić information content (AvgIpc) is 2.55. The predicted octanol–water partition coefficient (Wildman–Crippen LogP) is 1.22. The molecule has 0 aliphatic carbocycles. The molecule has 2 rings (SSSR count). The van der Waals surface area contributed by atoms with Crippen molar-refractivity contribution in [2.75, 3.05) is 24.3 Å². The van der Waals surface area contributed by atoms with E-state index < -0.39 is 28.9 Å². The minimum Gasteiger partial charge on any atom is -0.477 e. The number of carbonyl (C=O) groups is 3. The number of azide groups is 1.